The van der Waals surface area contributed by atoms with Gasteiger partial charge in [0, 0.05) is 0 Å². The second-order valence-corrected chi connectivity index (χ2v) is 9.56. The molecule has 0 aromatic heterocycles. The lowest BCUT2D eigenvalue weighted by atomic mass is 9.96. The van der Waals surface area contributed by atoms with Crippen LogP contribution < -0.4 is 5.32 Å². The van der Waals surface area contributed by atoms with Crippen LogP contribution in [0.15, 0.2) is 30.3 Å². The largest absolute Gasteiger partial charge is 0.394 e. The minimum absolute atomic E-state index is 0.0688. The van der Waals surface area contributed by atoms with E-state index in [0.717, 1.165) is 24.8 Å². The quantitative estimate of drug-likeness (QED) is 0.210. The molecule has 0 radical (unpaired) electrons. The Morgan fingerprint density at radius 1 is 0.971 bits per heavy atom. The van der Waals surface area contributed by atoms with Gasteiger partial charge in [0.1, 0.15) is 24.4 Å². The molecule has 2 rings (SSSR count). The Morgan fingerprint density at radius 2 is 1.60 bits per heavy atom. The number of carbonyl (C=O) groups is 1. The van der Waals surface area contributed by atoms with E-state index in [-0.39, 0.29) is 12.5 Å². The van der Waals surface area contributed by atoms with Crippen molar-refractivity contribution in [3.05, 3.63) is 35.9 Å². The minimum Gasteiger partial charge on any atom is -0.394 e. The highest BCUT2D eigenvalue weighted by Crippen LogP contribution is 2.21. The maximum absolute atomic E-state index is 12.7. The Hall–Kier alpha value is -1.55. The lowest BCUT2D eigenvalue weighted by Crippen LogP contribution is -2.64. The average Bonchev–Trinajstić information content (AvgIpc) is 2.86. The molecule has 8 heteroatoms. The van der Waals surface area contributed by atoms with Gasteiger partial charge in [-0.25, -0.2) is 0 Å². The first-order valence-electron chi connectivity index (χ1n) is 13.2. The number of carbonyl (C=O) groups excluding carboxylic acids is 1. The molecule has 0 bridgehead atoms. The number of nitrogens with one attached hydrogen (secondary N) is 1. The second-order valence-electron chi connectivity index (χ2n) is 9.56. The molecule has 5 N–H and O–H groups in total. The third-order valence-corrected chi connectivity index (χ3v) is 6.60. The van der Waals surface area contributed by atoms with Crippen molar-refractivity contribution in [2.45, 2.75) is 121 Å². The van der Waals surface area contributed by atoms with E-state index in [1.807, 2.05) is 30.3 Å². The molecule has 1 amide bonds. The molecule has 1 unspecified atom stereocenters. The average molecular weight is 496 g/mol. The van der Waals surface area contributed by atoms with Crippen molar-refractivity contribution >= 4 is 5.91 Å². The monoisotopic (exact) mass is 495 g/mol. The van der Waals surface area contributed by atoms with E-state index in [1.165, 1.54) is 44.9 Å². The summed E-state index contributed by atoms with van der Waals surface area (Å²) in [6.45, 7) is 2.06. The standard InChI is InChI=1S/C27H45NO7/c1-2-3-4-5-6-7-8-9-13-16-21(34-19-20-14-11-10-12-15-20)17-23(30)28-24-26(32)25(31)22(18-29)35-27(24)33/h10-12,14-15,21-22,24-27,29,31-33H,2-9,13,16-19H2,1H3,(H,28,30)/t21-,22-,24-,25-,26-,27?/m1/s1. The zero-order valence-electron chi connectivity index (χ0n) is 21.1. The Balaban J connectivity index is 1.82. The predicted octanol–water partition coefficient (Wildman–Crippen LogP) is 2.80. The molecule has 6 atom stereocenters. The Labute approximate surface area is 209 Å². The highest BCUT2D eigenvalue weighted by atomic mass is 16.6. The van der Waals surface area contributed by atoms with Crippen LogP contribution in [0.3, 0.4) is 0 Å². The van der Waals surface area contributed by atoms with Crippen molar-refractivity contribution in [2.75, 3.05) is 6.61 Å². The summed E-state index contributed by atoms with van der Waals surface area (Å²) in [7, 11) is 0. The first-order valence-corrected chi connectivity index (χ1v) is 13.2. The topological polar surface area (TPSA) is 128 Å². The molecule has 0 aliphatic carbocycles. The zero-order chi connectivity index (χ0) is 25.5. The van der Waals surface area contributed by atoms with Crippen LogP contribution in [0.5, 0.6) is 0 Å². The van der Waals surface area contributed by atoms with Gasteiger partial charge in [-0.15, -0.1) is 0 Å². The van der Waals surface area contributed by atoms with Crippen LogP contribution in [0.2, 0.25) is 0 Å². The number of aliphatic hydroxyl groups excluding tert-OH is 4. The molecule has 1 aromatic rings. The van der Waals surface area contributed by atoms with E-state index in [4.69, 9.17) is 9.47 Å². The number of hydrogen-bond acceptors (Lipinski definition) is 7. The lowest BCUT2D eigenvalue weighted by Gasteiger charge is -2.40. The van der Waals surface area contributed by atoms with Crippen LogP contribution in [-0.4, -0.2) is 69.7 Å². The summed E-state index contributed by atoms with van der Waals surface area (Å²) in [6.07, 6.45) is 5.87. The number of aliphatic hydroxyl groups is 4. The maximum atomic E-state index is 12.7. The molecular formula is C27H45NO7. The van der Waals surface area contributed by atoms with Gasteiger partial charge in [0.25, 0.3) is 0 Å². The third-order valence-electron chi connectivity index (χ3n) is 6.60. The van der Waals surface area contributed by atoms with E-state index < -0.39 is 43.2 Å². The van der Waals surface area contributed by atoms with Crippen LogP contribution in [0.4, 0.5) is 0 Å². The summed E-state index contributed by atoms with van der Waals surface area (Å²) >= 11 is 0. The van der Waals surface area contributed by atoms with Crippen molar-refractivity contribution in [3.8, 4) is 0 Å². The van der Waals surface area contributed by atoms with Crippen molar-refractivity contribution in [2.24, 2.45) is 0 Å². The number of amides is 1. The first-order chi connectivity index (χ1) is 17.0. The summed E-state index contributed by atoms with van der Waals surface area (Å²) < 4.78 is 11.2. The van der Waals surface area contributed by atoms with Crippen LogP contribution in [0.25, 0.3) is 0 Å². The summed E-state index contributed by atoms with van der Waals surface area (Å²) in [6, 6.07) is 8.58. The van der Waals surface area contributed by atoms with Gasteiger partial charge in [0.15, 0.2) is 6.29 Å². The van der Waals surface area contributed by atoms with Crippen molar-refractivity contribution in [1.82, 2.24) is 5.32 Å². The van der Waals surface area contributed by atoms with Crippen LogP contribution >= 0.6 is 0 Å². The SMILES string of the molecule is CCCCCCCCCCC[C@H](CC(=O)N[C@H]1C(O)O[C@H](CO)[C@@H](O)[C@@H]1O)OCc1ccccc1. The molecule has 0 spiro atoms. The van der Waals surface area contributed by atoms with Crippen LogP contribution in [-0.2, 0) is 20.9 Å². The summed E-state index contributed by atoms with van der Waals surface area (Å²) in [5.41, 5.74) is 1.02. The van der Waals surface area contributed by atoms with Crippen molar-refractivity contribution in [1.29, 1.82) is 0 Å². The predicted molar refractivity (Wildman–Crippen MR) is 133 cm³/mol. The molecule has 1 aromatic carbocycles. The molecule has 8 nitrogen and oxygen atoms in total. The summed E-state index contributed by atoms with van der Waals surface area (Å²) in [5.74, 6) is -0.402. The first kappa shape index (κ1) is 29.7. The lowest BCUT2D eigenvalue weighted by molar-refractivity contribution is -0.254. The smallest absolute Gasteiger partial charge is 0.223 e. The highest BCUT2D eigenvalue weighted by molar-refractivity contribution is 5.77. The fourth-order valence-corrected chi connectivity index (χ4v) is 4.42. The van der Waals surface area contributed by atoms with Crippen molar-refractivity contribution < 1.29 is 34.7 Å². The summed E-state index contributed by atoms with van der Waals surface area (Å²) in [4.78, 5) is 12.7. The molecule has 1 heterocycles. The Bertz CT molecular complexity index is 689. The van der Waals surface area contributed by atoms with Crippen molar-refractivity contribution in [3.63, 3.8) is 0 Å². The fourth-order valence-electron chi connectivity index (χ4n) is 4.42. The molecule has 1 fully saturated rings. The van der Waals surface area contributed by atoms with Gasteiger partial charge in [0.05, 0.1) is 25.7 Å². The van der Waals surface area contributed by atoms with E-state index in [9.17, 15) is 25.2 Å². The zero-order valence-corrected chi connectivity index (χ0v) is 21.1. The fraction of sp³-hybridized carbons (Fsp3) is 0.741. The number of benzene rings is 1. The van der Waals surface area contributed by atoms with E-state index >= 15 is 0 Å². The second kappa shape index (κ2) is 17.0. The highest BCUT2D eigenvalue weighted by Gasteiger charge is 2.44. The molecule has 200 valence electrons. The van der Waals surface area contributed by atoms with E-state index in [0.29, 0.717) is 6.61 Å². The van der Waals surface area contributed by atoms with Crippen LogP contribution in [0, 0.1) is 0 Å². The molecule has 1 aliphatic heterocycles. The van der Waals surface area contributed by atoms with Gasteiger partial charge in [-0.1, -0.05) is 95.0 Å². The molecule has 0 saturated carbocycles. The van der Waals surface area contributed by atoms with E-state index in [2.05, 4.69) is 12.2 Å². The number of unbranched alkanes of at least 4 members (excludes halogenated alkanes) is 8. The Morgan fingerprint density at radius 3 is 2.23 bits per heavy atom. The number of ether oxygens (including phenoxy) is 2. The number of hydrogen-bond donors (Lipinski definition) is 5. The van der Waals surface area contributed by atoms with Gasteiger partial charge >= 0.3 is 0 Å². The maximum Gasteiger partial charge on any atom is 0.223 e. The van der Waals surface area contributed by atoms with Gasteiger partial charge in [0.2, 0.25) is 5.91 Å². The van der Waals surface area contributed by atoms with Crippen LogP contribution in [0.1, 0.15) is 83.1 Å². The molecular weight excluding hydrogens is 450 g/mol. The molecule has 1 aliphatic rings. The number of rotatable bonds is 17. The summed E-state index contributed by atoms with van der Waals surface area (Å²) in [5, 5.41) is 42.3. The molecule has 35 heavy (non-hydrogen) atoms. The van der Waals surface area contributed by atoms with Gasteiger partial charge in [-0.3, -0.25) is 4.79 Å². The third kappa shape index (κ3) is 10.9. The molecule has 1 saturated heterocycles. The van der Waals surface area contributed by atoms with Gasteiger partial charge in [-0.2, -0.15) is 0 Å². The Kier molecular flexibility index (Phi) is 14.4. The van der Waals surface area contributed by atoms with Gasteiger partial charge in [-0.05, 0) is 12.0 Å². The minimum atomic E-state index is -1.53. The normalized spacial score (nSPS) is 25.3. The van der Waals surface area contributed by atoms with Gasteiger partial charge < -0.3 is 35.2 Å². The van der Waals surface area contributed by atoms with E-state index in [1.54, 1.807) is 0 Å².